The van der Waals surface area contributed by atoms with E-state index in [1.54, 1.807) is 0 Å². The smallest absolute Gasteiger partial charge is 0.327 e. The largest absolute Gasteiger partial charge is 0.480 e. The zero-order valence-electron chi connectivity index (χ0n) is 11.4. The van der Waals surface area contributed by atoms with Gasteiger partial charge in [-0.05, 0) is 19.4 Å². The Balaban J connectivity index is 2.56. The number of aliphatic carboxylic acids is 1. The number of carboxylic acids is 1. The summed E-state index contributed by atoms with van der Waals surface area (Å²) in [5.41, 5.74) is 2.26. The van der Waals surface area contributed by atoms with E-state index < -0.39 is 12.0 Å². The fraction of sp³-hybridized carbons (Fsp3) is 0.429. The monoisotopic (exact) mass is 264 g/mol. The van der Waals surface area contributed by atoms with Crippen molar-refractivity contribution in [3.8, 4) is 0 Å². The number of carboxylic acid groups (broad SMARTS) is 1. The van der Waals surface area contributed by atoms with E-state index >= 15 is 0 Å². The van der Waals surface area contributed by atoms with Crippen molar-refractivity contribution in [3.63, 3.8) is 0 Å². The first-order valence-electron chi connectivity index (χ1n) is 6.20. The Hall–Kier alpha value is -1.88. The highest BCUT2D eigenvalue weighted by atomic mass is 16.4. The quantitative estimate of drug-likeness (QED) is 0.722. The van der Waals surface area contributed by atoms with Gasteiger partial charge in [0.25, 0.3) is 0 Å². The van der Waals surface area contributed by atoms with Gasteiger partial charge in [0.1, 0.15) is 6.04 Å². The molecule has 2 atom stereocenters. The molecule has 104 valence electrons. The van der Waals surface area contributed by atoms with E-state index in [0.29, 0.717) is 0 Å². The SMILES string of the molecule is CC(=O)NC(CN[C@@H](C)c1ccc(C)cc1)C(=O)O. The van der Waals surface area contributed by atoms with Crippen molar-refractivity contribution >= 4 is 11.9 Å². The predicted molar refractivity (Wildman–Crippen MR) is 72.8 cm³/mol. The number of benzene rings is 1. The number of carbonyl (C=O) groups is 2. The van der Waals surface area contributed by atoms with Crippen LogP contribution in [0.3, 0.4) is 0 Å². The van der Waals surface area contributed by atoms with Crippen molar-refractivity contribution in [2.75, 3.05) is 6.54 Å². The van der Waals surface area contributed by atoms with Crippen LogP contribution in [0, 0.1) is 6.92 Å². The Morgan fingerprint density at radius 2 is 1.84 bits per heavy atom. The van der Waals surface area contributed by atoms with Crippen LogP contribution >= 0.6 is 0 Å². The van der Waals surface area contributed by atoms with Crippen molar-refractivity contribution in [2.24, 2.45) is 0 Å². The second-order valence-corrected chi connectivity index (χ2v) is 4.63. The van der Waals surface area contributed by atoms with Crippen LogP contribution in [-0.4, -0.2) is 29.6 Å². The zero-order valence-corrected chi connectivity index (χ0v) is 11.4. The van der Waals surface area contributed by atoms with Crippen molar-refractivity contribution in [1.29, 1.82) is 0 Å². The van der Waals surface area contributed by atoms with Gasteiger partial charge in [-0.15, -0.1) is 0 Å². The van der Waals surface area contributed by atoms with Crippen LogP contribution in [0.4, 0.5) is 0 Å². The molecule has 0 aliphatic rings. The first kappa shape index (κ1) is 15.2. The number of amides is 1. The maximum Gasteiger partial charge on any atom is 0.327 e. The molecule has 1 amide bonds. The van der Waals surface area contributed by atoms with E-state index in [1.807, 2.05) is 38.1 Å². The third-order valence-corrected chi connectivity index (χ3v) is 2.88. The molecule has 1 rings (SSSR count). The molecule has 0 aliphatic heterocycles. The summed E-state index contributed by atoms with van der Waals surface area (Å²) in [7, 11) is 0. The van der Waals surface area contributed by atoms with Gasteiger partial charge < -0.3 is 15.7 Å². The molecule has 0 spiro atoms. The predicted octanol–water partition coefficient (Wildman–Crippen LogP) is 1.23. The summed E-state index contributed by atoms with van der Waals surface area (Å²) in [5, 5.41) is 14.5. The van der Waals surface area contributed by atoms with Crippen LogP contribution in [0.25, 0.3) is 0 Å². The summed E-state index contributed by atoms with van der Waals surface area (Å²) in [6.45, 7) is 5.46. The molecule has 3 N–H and O–H groups in total. The van der Waals surface area contributed by atoms with Crippen molar-refractivity contribution in [1.82, 2.24) is 10.6 Å². The minimum absolute atomic E-state index is 0.0243. The molecule has 0 heterocycles. The van der Waals surface area contributed by atoms with Gasteiger partial charge in [-0.2, -0.15) is 0 Å². The number of rotatable bonds is 6. The molecule has 0 radical (unpaired) electrons. The van der Waals surface area contributed by atoms with Gasteiger partial charge in [-0.3, -0.25) is 4.79 Å². The highest BCUT2D eigenvalue weighted by molar-refractivity contribution is 5.82. The molecule has 0 bridgehead atoms. The van der Waals surface area contributed by atoms with E-state index in [9.17, 15) is 9.59 Å². The van der Waals surface area contributed by atoms with Gasteiger partial charge >= 0.3 is 5.97 Å². The van der Waals surface area contributed by atoms with Gasteiger partial charge in [-0.1, -0.05) is 29.8 Å². The highest BCUT2D eigenvalue weighted by Gasteiger charge is 2.19. The number of carbonyl (C=O) groups excluding carboxylic acids is 1. The molecule has 5 heteroatoms. The van der Waals surface area contributed by atoms with Crippen LogP contribution in [0.2, 0.25) is 0 Å². The fourth-order valence-electron chi connectivity index (χ4n) is 1.71. The molecule has 0 saturated carbocycles. The standard InChI is InChI=1S/C14H20N2O3/c1-9-4-6-12(7-5-9)10(2)15-8-13(14(18)19)16-11(3)17/h4-7,10,13,15H,8H2,1-3H3,(H,16,17)(H,18,19)/t10-,13?/m0/s1. The number of hydrogen-bond acceptors (Lipinski definition) is 3. The summed E-state index contributed by atoms with van der Waals surface area (Å²) >= 11 is 0. The summed E-state index contributed by atoms with van der Waals surface area (Å²) in [4.78, 5) is 21.9. The molecule has 0 aromatic heterocycles. The fourth-order valence-corrected chi connectivity index (χ4v) is 1.71. The van der Waals surface area contributed by atoms with Gasteiger partial charge in [0.15, 0.2) is 0 Å². The Bertz CT molecular complexity index is 443. The Morgan fingerprint density at radius 3 is 2.32 bits per heavy atom. The lowest BCUT2D eigenvalue weighted by atomic mass is 10.1. The third kappa shape index (κ3) is 5.09. The number of nitrogens with one attached hydrogen (secondary N) is 2. The molecule has 1 aromatic rings. The van der Waals surface area contributed by atoms with Crippen LogP contribution in [0.15, 0.2) is 24.3 Å². The first-order valence-corrected chi connectivity index (χ1v) is 6.20. The maximum absolute atomic E-state index is 11.0. The topological polar surface area (TPSA) is 78.4 Å². The molecule has 0 fully saturated rings. The minimum Gasteiger partial charge on any atom is -0.480 e. The van der Waals surface area contributed by atoms with Gasteiger partial charge in [0, 0.05) is 19.5 Å². The molecule has 0 saturated heterocycles. The summed E-state index contributed by atoms with van der Waals surface area (Å²) in [6, 6.07) is 7.13. The summed E-state index contributed by atoms with van der Waals surface area (Å²) in [5.74, 6) is -1.39. The van der Waals surface area contributed by atoms with Crippen molar-refractivity contribution < 1.29 is 14.7 Å². The lowest BCUT2D eigenvalue weighted by Gasteiger charge is -2.19. The Kier molecular flexibility index (Phi) is 5.51. The van der Waals surface area contributed by atoms with E-state index in [4.69, 9.17) is 5.11 Å². The maximum atomic E-state index is 11.0. The lowest BCUT2D eigenvalue weighted by molar-refractivity contribution is -0.141. The minimum atomic E-state index is -1.04. The molecule has 1 unspecified atom stereocenters. The van der Waals surface area contributed by atoms with Gasteiger partial charge in [0.05, 0.1) is 0 Å². The molecular weight excluding hydrogens is 244 g/mol. The van der Waals surface area contributed by atoms with E-state index in [1.165, 1.54) is 12.5 Å². The van der Waals surface area contributed by atoms with E-state index in [0.717, 1.165) is 5.56 Å². The van der Waals surface area contributed by atoms with Crippen molar-refractivity contribution in [3.05, 3.63) is 35.4 Å². The van der Waals surface area contributed by atoms with E-state index in [2.05, 4.69) is 10.6 Å². The molecule has 1 aromatic carbocycles. The Labute approximate surface area is 113 Å². The van der Waals surface area contributed by atoms with Crippen LogP contribution in [0.5, 0.6) is 0 Å². The average molecular weight is 264 g/mol. The molecule has 19 heavy (non-hydrogen) atoms. The number of aryl methyl sites for hydroxylation is 1. The molecule has 5 nitrogen and oxygen atoms in total. The van der Waals surface area contributed by atoms with Gasteiger partial charge in [-0.25, -0.2) is 4.79 Å². The normalized spacial score (nSPS) is 13.6. The van der Waals surface area contributed by atoms with Crippen LogP contribution in [0.1, 0.15) is 31.0 Å². The lowest BCUT2D eigenvalue weighted by Crippen LogP contribution is -2.46. The van der Waals surface area contributed by atoms with E-state index in [-0.39, 0.29) is 18.5 Å². The third-order valence-electron chi connectivity index (χ3n) is 2.88. The first-order chi connectivity index (χ1) is 8.90. The van der Waals surface area contributed by atoms with Crippen molar-refractivity contribution in [2.45, 2.75) is 32.9 Å². The Morgan fingerprint density at radius 1 is 1.26 bits per heavy atom. The second-order valence-electron chi connectivity index (χ2n) is 4.63. The molecular formula is C14H20N2O3. The zero-order chi connectivity index (χ0) is 14.4. The number of hydrogen-bond donors (Lipinski definition) is 3. The summed E-state index contributed by atoms with van der Waals surface area (Å²) < 4.78 is 0. The molecule has 0 aliphatic carbocycles. The van der Waals surface area contributed by atoms with Gasteiger partial charge in [0.2, 0.25) is 5.91 Å². The average Bonchev–Trinajstić information content (AvgIpc) is 2.34. The summed E-state index contributed by atoms with van der Waals surface area (Å²) in [6.07, 6.45) is 0. The second kappa shape index (κ2) is 6.89. The highest BCUT2D eigenvalue weighted by Crippen LogP contribution is 2.12. The van der Waals surface area contributed by atoms with Crippen LogP contribution < -0.4 is 10.6 Å². The van der Waals surface area contributed by atoms with Crippen LogP contribution in [-0.2, 0) is 9.59 Å².